The van der Waals surface area contributed by atoms with Crippen molar-refractivity contribution in [2.45, 2.75) is 19.3 Å². The van der Waals surface area contributed by atoms with Crippen LogP contribution in [0.4, 0.5) is 0 Å². The summed E-state index contributed by atoms with van der Waals surface area (Å²) in [5.74, 6) is -1.07. The summed E-state index contributed by atoms with van der Waals surface area (Å²) in [6.07, 6.45) is 0.843. The van der Waals surface area contributed by atoms with Crippen LogP contribution in [0.3, 0.4) is 0 Å². The maximum Gasteiger partial charge on any atom is 0.305 e. The monoisotopic (exact) mass is 265 g/mol. The van der Waals surface area contributed by atoms with Gasteiger partial charge in [0.25, 0.3) is 0 Å². The van der Waals surface area contributed by atoms with Crippen LogP contribution in [0.15, 0.2) is 30.3 Å². The smallest absolute Gasteiger partial charge is 0.305 e. The van der Waals surface area contributed by atoms with Gasteiger partial charge >= 0.3 is 5.97 Å². The van der Waals surface area contributed by atoms with Crippen molar-refractivity contribution in [1.29, 1.82) is 0 Å². The normalized spacial score (nSPS) is 10.2. The van der Waals surface area contributed by atoms with Gasteiger partial charge in [-0.05, 0) is 12.0 Å². The van der Waals surface area contributed by atoms with E-state index in [1.54, 1.807) is 0 Å². The molecule has 5 heteroatoms. The van der Waals surface area contributed by atoms with Gasteiger partial charge in [-0.15, -0.1) is 0 Å². The number of aryl methyl sites for hydroxylation is 1. The molecular formula is C14H19NO4. The molecule has 0 fully saturated rings. The SMILES string of the molecule is O=C(O)CCN(CCO)C(=O)CCc1ccccc1. The molecule has 0 aliphatic carbocycles. The number of carboxylic acid groups (broad SMARTS) is 1. The maximum atomic E-state index is 11.9. The minimum Gasteiger partial charge on any atom is -0.481 e. The highest BCUT2D eigenvalue weighted by molar-refractivity contribution is 5.77. The van der Waals surface area contributed by atoms with E-state index >= 15 is 0 Å². The third-order valence-corrected chi connectivity index (χ3v) is 2.79. The first-order valence-corrected chi connectivity index (χ1v) is 6.28. The topological polar surface area (TPSA) is 77.8 Å². The van der Waals surface area contributed by atoms with E-state index in [0.29, 0.717) is 12.8 Å². The lowest BCUT2D eigenvalue weighted by molar-refractivity contribution is -0.138. The molecule has 0 saturated heterocycles. The van der Waals surface area contributed by atoms with E-state index in [2.05, 4.69) is 0 Å². The molecule has 0 aliphatic heterocycles. The molecule has 0 aromatic heterocycles. The van der Waals surface area contributed by atoms with Gasteiger partial charge in [0.15, 0.2) is 0 Å². The van der Waals surface area contributed by atoms with Gasteiger partial charge in [-0.3, -0.25) is 9.59 Å². The fourth-order valence-corrected chi connectivity index (χ4v) is 1.77. The van der Waals surface area contributed by atoms with Crippen LogP contribution in [0.1, 0.15) is 18.4 Å². The summed E-state index contributed by atoms with van der Waals surface area (Å²) in [7, 11) is 0. The number of rotatable bonds is 8. The van der Waals surface area contributed by atoms with Crippen LogP contribution < -0.4 is 0 Å². The van der Waals surface area contributed by atoms with Crippen LogP contribution >= 0.6 is 0 Å². The summed E-state index contributed by atoms with van der Waals surface area (Å²) in [6, 6.07) is 9.63. The number of benzene rings is 1. The van der Waals surface area contributed by atoms with E-state index in [-0.39, 0.29) is 32.0 Å². The van der Waals surface area contributed by atoms with Crippen LogP contribution in [-0.2, 0) is 16.0 Å². The number of aliphatic hydroxyl groups excluding tert-OH is 1. The first kappa shape index (κ1) is 15.2. The van der Waals surface area contributed by atoms with Crippen LogP contribution in [0.25, 0.3) is 0 Å². The molecule has 1 amide bonds. The van der Waals surface area contributed by atoms with Crippen LogP contribution in [0.2, 0.25) is 0 Å². The molecule has 0 spiro atoms. The zero-order valence-electron chi connectivity index (χ0n) is 10.8. The number of hydrogen-bond donors (Lipinski definition) is 2. The highest BCUT2D eigenvalue weighted by Crippen LogP contribution is 2.05. The Bertz CT molecular complexity index is 405. The third-order valence-electron chi connectivity index (χ3n) is 2.79. The van der Waals surface area contributed by atoms with Crippen LogP contribution in [-0.4, -0.2) is 46.7 Å². The fraction of sp³-hybridized carbons (Fsp3) is 0.429. The molecule has 19 heavy (non-hydrogen) atoms. The van der Waals surface area contributed by atoms with Crippen molar-refractivity contribution in [1.82, 2.24) is 4.90 Å². The number of carbonyl (C=O) groups is 2. The molecule has 0 bridgehead atoms. The minimum atomic E-state index is -0.946. The van der Waals surface area contributed by atoms with E-state index in [1.165, 1.54) is 4.90 Å². The lowest BCUT2D eigenvalue weighted by Gasteiger charge is -2.20. The molecule has 1 rings (SSSR count). The van der Waals surface area contributed by atoms with Gasteiger partial charge in [0, 0.05) is 19.5 Å². The van der Waals surface area contributed by atoms with Crippen molar-refractivity contribution >= 4 is 11.9 Å². The predicted molar refractivity (Wildman–Crippen MR) is 70.7 cm³/mol. The average Bonchev–Trinajstić information content (AvgIpc) is 2.41. The van der Waals surface area contributed by atoms with Crippen LogP contribution in [0, 0.1) is 0 Å². The number of nitrogens with zero attached hydrogens (tertiary/aromatic N) is 1. The standard InChI is InChI=1S/C14H19NO4/c16-11-10-15(9-8-14(18)19)13(17)7-6-12-4-2-1-3-5-12/h1-5,16H,6-11H2,(H,18,19). The number of aliphatic hydroxyl groups is 1. The molecule has 0 radical (unpaired) electrons. The van der Waals surface area contributed by atoms with Crippen molar-refractivity contribution in [2.24, 2.45) is 0 Å². The number of amides is 1. The van der Waals surface area contributed by atoms with Gasteiger partial charge in [0.2, 0.25) is 5.91 Å². The summed E-state index contributed by atoms with van der Waals surface area (Å²) in [4.78, 5) is 23.9. The number of carbonyl (C=O) groups excluding carboxylic acids is 1. The molecule has 0 saturated carbocycles. The number of carboxylic acids is 1. The summed E-state index contributed by atoms with van der Waals surface area (Å²) in [6.45, 7) is 0.168. The first-order chi connectivity index (χ1) is 9.13. The molecule has 1 aromatic carbocycles. The van der Waals surface area contributed by atoms with E-state index in [0.717, 1.165) is 5.56 Å². The van der Waals surface area contributed by atoms with E-state index in [1.807, 2.05) is 30.3 Å². The number of hydrogen-bond acceptors (Lipinski definition) is 3. The molecule has 0 unspecified atom stereocenters. The van der Waals surface area contributed by atoms with Crippen molar-refractivity contribution in [3.8, 4) is 0 Å². The summed E-state index contributed by atoms with van der Waals surface area (Å²) < 4.78 is 0. The zero-order valence-corrected chi connectivity index (χ0v) is 10.8. The molecule has 2 N–H and O–H groups in total. The molecule has 104 valence electrons. The predicted octanol–water partition coefficient (Wildman–Crippen LogP) is 0.915. The molecule has 0 atom stereocenters. The Morgan fingerprint density at radius 1 is 1.05 bits per heavy atom. The molecule has 0 heterocycles. The van der Waals surface area contributed by atoms with Crippen molar-refractivity contribution in [3.05, 3.63) is 35.9 Å². The second-order valence-corrected chi connectivity index (χ2v) is 4.23. The van der Waals surface area contributed by atoms with Crippen LogP contribution in [0.5, 0.6) is 0 Å². The zero-order chi connectivity index (χ0) is 14.1. The molecular weight excluding hydrogens is 246 g/mol. The third kappa shape index (κ3) is 6.01. The van der Waals surface area contributed by atoms with Gasteiger partial charge in [-0.2, -0.15) is 0 Å². The van der Waals surface area contributed by atoms with Gasteiger partial charge in [-0.25, -0.2) is 0 Å². The van der Waals surface area contributed by atoms with Gasteiger partial charge in [-0.1, -0.05) is 30.3 Å². The summed E-state index contributed by atoms with van der Waals surface area (Å²) >= 11 is 0. The summed E-state index contributed by atoms with van der Waals surface area (Å²) in [5.41, 5.74) is 1.07. The Labute approximate surface area is 112 Å². The Balaban J connectivity index is 2.45. The molecule has 0 aliphatic rings. The Hall–Kier alpha value is -1.88. The van der Waals surface area contributed by atoms with Gasteiger partial charge < -0.3 is 15.1 Å². The van der Waals surface area contributed by atoms with Crippen molar-refractivity contribution in [2.75, 3.05) is 19.7 Å². The molecule has 1 aromatic rings. The van der Waals surface area contributed by atoms with Crippen molar-refractivity contribution < 1.29 is 19.8 Å². The highest BCUT2D eigenvalue weighted by atomic mass is 16.4. The second kappa shape index (κ2) is 8.26. The first-order valence-electron chi connectivity index (χ1n) is 6.28. The van der Waals surface area contributed by atoms with Gasteiger partial charge in [0.1, 0.15) is 0 Å². The van der Waals surface area contributed by atoms with E-state index in [9.17, 15) is 9.59 Å². The maximum absolute atomic E-state index is 11.9. The Morgan fingerprint density at radius 2 is 1.74 bits per heavy atom. The lowest BCUT2D eigenvalue weighted by Crippen LogP contribution is -2.35. The van der Waals surface area contributed by atoms with Gasteiger partial charge in [0.05, 0.1) is 13.0 Å². The lowest BCUT2D eigenvalue weighted by atomic mass is 10.1. The Morgan fingerprint density at radius 3 is 2.32 bits per heavy atom. The highest BCUT2D eigenvalue weighted by Gasteiger charge is 2.14. The second-order valence-electron chi connectivity index (χ2n) is 4.23. The van der Waals surface area contributed by atoms with E-state index in [4.69, 9.17) is 10.2 Å². The Kier molecular flexibility index (Phi) is 6.60. The average molecular weight is 265 g/mol. The summed E-state index contributed by atoms with van der Waals surface area (Å²) in [5, 5.41) is 17.5. The minimum absolute atomic E-state index is 0.100. The largest absolute Gasteiger partial charge is 0.481 e. The van der Waals surface area contributed by atoms with E-state index < -0.39 is 5.97 Å². The quantitative estimate of drug-likeness (QED) is 0.732. The van der Waals surface area contributed by atoms with Crippen molar-refractivity contribution in [3.63, 3.8) is 0 Å². The number of aliphatic carboxylic acids is 1. The molecule has 5 nitrogen and oxygen atoms in total. The fourth-order valence-electron chi connectivity index (χ4n) is 1.77.